The number of anilines is 1. The van der Waals surface area contributed by atoms with Gasteiger partial charge in [-0.3, -0.25) is 0 Å². The lowest BCUT2D eigenvalue weighted by Crippen LogP contribution is -2.05. The van der Waals surface area contributed by atoms with Crippen molar-refractivity contribution in [1.29, 1.82) is 0 Å². The summed E-state index contributed by atoms with van der Waals surface area (Å²) in [5.41, 5.74) is 1.71. The van der Waals surface area contributed by atoms with Gasteiger partial charge in [0.2, 0.25) is 0 Å². The maximum atomic E-state index is 13.9. The number of nitrogens with one attached hydrogen (secondary N) is 1. The van der Waals surface area contributed by atoms with Crippen LogP contribution in [0.15, 0.2) is 42.5 Å². The molecule has 0 bridgehead atoms. The zero-order valence-electron chi connectivity index (χ0n) is 13.5. The minimum atomic E-state index is -0.352. The molecule has 0 aliphatic rings. The summed E-state index contributed by atoms with van der Waals surface area (Å²) in [5, 5.41) is 4.21. The van der Waals surface area contributed by atoms with Crippen LogP contribution in [-0.4, -0.2) is 16.6 Å². The Morgan fingerprint density at radius 2 is 1.92 bits per heavy atom. The lowest BCUT2D eigenvalue weighted by Gasteiger charge is -2.11. The van der Waals surface area contributed by atoms with Crippen LogP contribution in [0.5, 0.6) is 5.75 Å². The van der Waals surface area contributed by atoms with E-state index in [1.165, 1.54) is 6.07 Å². The number of hydrogen-bond acceptors (Lipinski definition) is 4. The predicted octanol–water partition coefficient (Wildman–Crippen LogP) is 4.51. The van der Waals surface area contributed by atoms with Crippen molar-refractivity contribution < 1.29 is 9.13 Å². The number of halogens is 2. The molecule has 1 aromatic heterocycles. The molecule has 3 rings (SSSR count). The van der Waals surface area contributed by atoms with Crippen LogP contribution in [0.1, 0.15) is 18.3 Å². The highest BCUT2D eigenvalue weighted by Crippen LogP contribution is 2.22. The first kappa shape index (κ1) is 17.9. The molecule has 4 nitrogen and oxygen atoms in total. The van der Waals surface area contributed by atoms with Crippen LogP contribution in [0.2, 0.25) is 0 Å². The molecule has 0 saturated carbocycles. The molecule has 1 heterocycles. The standard InChI is InChI=1S/C18H18FN3O.ClH/c1-3-23-17-9-8-13(10-15(17)19)11-20-18-14-6-4-5-7-16(14)21-12(2)22-18;/h4-10H,3,11H2,1-2H3,(H,20,21,22);1H. The van der Waals surface area contributed by atoms with E-state index in [0.29, 0.717) is 19.0 Å². The molecular weight excluding hydrogens is 329 g/mol. The monoisotopic (exact) mass is 347 g/mol. The molecule has 0 atom stereocenters. The second-order valence-electron chi connectivity index (χ2n) is 5.19. The minimum Gasteiger partial charge on any atom is -0.491 e. The zero-order valence-corrected chi connectivity index (χ0v) is 14.4. The Morgan fingerprint density at radius 3 is 2.67 bits per heavy atom. The molecule has 0 fully saturated rings. The normalized spacial score (nSPS) is 10.3. The van der Waals surface area contributed by atoms with Crippen molar-refractivity contribution in [1.82, 2.24) is 9.97 Å². The Morgan fingerprint density at radius 1 is 1.12 bits per heavy atom. The number of nitrogens with zero attached hydrogens (tertiary/aromatic N) is 2. The Kier molecular flexibility index (Phi) is 5.93. The highest BCUT2D eigenvalue weighted by molar-refractivity contribution is 5.88. The SMILES string of the molecule is CCOc1ccc(CNc2nc(C)nc3ccccc23)cc1F.Cl. The second kappa shape index (κ2) is 7.93. The van der Waals surface area contributed by atoms with E-state index in [1.807, 2.05) is 44.2 Å². The van der Waals surface area contributed by atoms with Crippen molar-refractivity contribution in [2.24, 2.45) is 0 Å². The molecule has 6 heteroatoms. The lowest BCUT2D eigenvalue weighted by atomic mass is 10.2. The Labute approximate surface area is 146 Å². The molecule has 3 aromatic rings. The largest absolute Gasteiger partial charge is 0.491 e. The summed E-state index contributed by atoms with van der Waals surface area (Å²) in [6, 6.07) is 12.8. The van der Waals surface area contributed by atoms with Crippen LogP contribution in [0.4, 0.5) is 10.2 Å². The summed E-state index contributed by atoms with van der Waals surface area (Å²) in [7, 11) is 0. The first-order valence-electron chi connectivity index (χ1n) is 7.56. The van der Waals surface area contributed by atoms with Gasteiger partial charge in [-0.1, -0.05) is 18.2 Å². The van der Waals surface area contributed by atoms with E-state index in [0.717, 1.165) is 22.3 Å². The fourth-order valence-electron chi connectivity index (χ4n) is 2.44. The highest BCUT2D eigenvalue weighted by Gasteiger charge is 2.07. The van der Waals surface area contributed by atoms with Gasteiger partial charge in [0.25, 0.3) is 0 Å². The number of para-hydroxylation sites is 1. The molecule has 0 aliphatic carbocycles. The van der Waals surface area contributed by atoms with Crippen LogP contribution in [0.3, 0.4) is 0 Å². The first-order chi connectivity index (χ1) is 11.2. The highest BCUT2D eigenvalue weighted by atomic mass is 35.5. The summed E-state index contributed by atoms with van der Waals surface area (Å²) in [4.78, 5) is 8.85. The smallest absolute Gasteiger partial charge is 0.165 e. The molecule has 0 aliphatic heterocycles. The number of rotatable bonds is 5. The van der Waals surface area contributed by atoms with E-state index in [-0.39, 0.29) is 24.0 Å². The number of fused-ring (bicyclic) bond motifs is 1. The van der Waals surface area contributed by atoms with Crippen LogP contribution in [-0.2, 0) is 6.54 Å². The number of aromatic nitrogens is 2. The zero-order chi connectivity index (χ0) is 16.2. The van der Waals surface area contributed by atoms with Gasteiger partial charge < -0.3 is 10.1 Å². The van der Waals surface area contributed by atoms with E-state index < -0.39 is 0 Å². The first-order valence-corrected chi connectivity index (χ1v) is 7.56. The van der Waals surface area contributed by atoms with Gasteiger partial charge in [0.05, 0.1) is 12.1 Å². The molecule has 0 amide bonds. The summed E-state index contributed by atoms with van der Waals surface area (Å²) in [5.74, 6) is 1.38. The molecule has 0 unspecified atom stereocenters. The molecule has 2 aromatic carbocycles. The van der Waals surface area contributed by atoms with Crippen molar-refractivity contribution in [3.63, 3.8) is 0 Å². The second-order valence-corrected chi connectivity index (χ2v) is 5.19. The third-order valence-corrected chi connectivity index (χ3v) is 3.47. The van der Waals surface area contributed by atoms with Crippen molar-refractivity contribution in [3.05, 3.63) is 59.7 Å². The summed E-state index contributed by atoms with van der Waals surface area (Å²) < 4.78 is 19.1. The van der Waals surface area contributed by atoms with Gasteiger partial charge in [-0.25, -0.2) is 14.4 Å². The third-order valence-electron chi connectivity index (χ3n) is 3.47. The van der Waals surface area contributed by atoms with Gasteiger partial charge in [-0.2, -0.15) is 0 Å². The number of hydrogen-bond donors (Lipinski definition) is 1. The van der Waals surface area contributed by atoms with Crippen LogP contribution in [0, 0.1) is 12.7 Å². The van der Waals surface area contributed by atoms with Crippen molar-refractivity contribution in [2.45, 2.75) is 20.4 Å². The lowest BCUT2D eigenvalue weighted by molar-refractivity contribution is 0.321. The summed E-state index contributed by atoms with van der Waals surface area (Å²) in [6.07, 6.45) is 0. The summed E-state index contributed by atoms with van der Waals surface area (Å²) in [6.45, 7) is 4.61. The molecule has 0 radical (unpaired) electrons. The van der Waals surface area contributed by atoms with E-state index in [1.54, 1.807) is 6.07 Å². The average Bonchev–Trinajstić information content (AvgIpc) is 2.55. The average molecular weight is 348 g/mol. The van der Waals surface area contributed by atoms with E-state index in [9.17, 15) is 4.39 Å². The van der Waals surface area contributed by atoms with Crippen LogP contribution < -0.4 is 10.1 Å². The van der Waals surface area contributed by atoms with Crippen LogP contribution >= 0.6 is 12.4 Å². The minimum absolute atomic E-state index is 0. The maximum absolute atomic E-state index is 13.9. The predicted molar refractivity (Wildman–Crippen MR) is 96.4 cm³/mol. The molecule has 24 heavy (non-hydrogen) atoms. The van der Waals surface area contributed by atoms with Crippen molar-refractivity contribution in [2.75, 3.05) is 11.9 Å². The number of benzene rings is 2. The van der Waals surface area contributed by atoms with Gasteiger partial charge >= 0.3 is 0 Å². The molecule has 1 N–H and O–H groups in total. The Bertz CT molecular complexity index is 842. The van der Waals surface area contributed by atoms with E-state index in [2.05, 4.69) is 15.3 Å². The summed E-state index contributed by atoms with van der Waals surface area (Å²) >= 11 is 0. The molecular formula is C18H19ClFN3O. The molecule has 0 spiro atoms. The van der Waals surface area contributed by atoms with Gasteiger partial charge in [-0.15, -0.1) is 12.4 Å². The Hall–Kier alpha value is -2.40. The van der Waals surface area contributed by atoms with Gasteiger partial charge in [-0.05, 0) is 43.7 Å². The van der Waals surface area contributed by atoms with E-state index in [4.69, 9.17) is 4.74 Å². The Balaban J connectivity index is 0.00000208. The van der Waals surface area contributed by atoms with Gasteiger partial charge in [0.1, 0.15) is 11.6 Å². The molecule has 0 saturated heterocycles. The van der Waals surface area contributed by atoms with Crippen molar-refractivity contribution >= 4 is 29.1 Å². The topological polar surface area (TPSA) is 47.0 Å². The fourth-order valence-corrected chi connectivity index (χ4v) is 2.44. The van der Waals surface area contributed by atoms with Crippen molar-refractivity contribution in [3.8, 4) is 5.75 Å². The number of ether oxygens (including phenoxy) is 1. The number of aryl methyl sites for hydroxylation is 1. The maximum Gasteiger partial charge on any atom is 0.165 e. The quantitative estimate of drug-likeness (QED) is 0.737. The third kappa shape index (κ3) is 3.92. The van der Waals surface area contributed by atoms with Gasteiger partial charge in [0.15, 0.2) is 11.6 Å². The van der Waals surface area contributed by atoms with E-state index >= 15 is 0 Å². The fraction of sp³-hybridized carbons (Fsp3) is 0.222. The van der Waals surface area contributed by atoms with Gasteiger partial charge in [0, 0.05) is 11.9 Å². The van der Waals surface area contributed by atoms with Crippen LogP contribution in [0.25, 0.3) is 10.9 Å². The molecule has 126 valence electrons.